The molecule has 0 radical (unpaired) electrons. The molecule has 0 bridgehead atoms. The minimum absolute atomic E-state index is 0. The topological polar surface area (TPSA) is 79.8 Å². The molecule has 0 atom stereocenters. The molecule has 0 amide bonds. The van der Waals surface area contributed by atoms with Gasteiger partial charge in [-0.3, -0.25) is 9.97 Å². The number of rotatable bonds is 8. The number of nitrogens with zero attached hydrogens (tertiary/aromatic N) is 6. The maximum absolute atomic E-state index is 4.51. The average Bonchev–Trinajstić information content (AvgIpc) is 3.41. The van der Waals surface area contributed by atoms with Crippen LogP contribution in [0.25, 0.3) is 22.8 Å². The van der Waals surface area contributed by atoms with Gasteiger partial charge in [0.15, 0.2) is 0 Å². The molecule has 0 aromatic carbocycles. The van der Waals surface area contributed by atoms with Crippen molar-refractivity contribution in [2.45, 2.75) is 81.1 Å². The van der Waals surface area contributed by atoms with Crippen molar-refractivity contribution < 1.29 is 21.1 Å². The van der Waals surface area contributed by atoms with E-state index in [2.05, 4.69) is 97.9 Å². The number of aromatic nitrogens is 6. The van der Waals surface area contributed by atoms with Gasteiger partial charge < -0.3 is 20.4 Å². The third-order valence-corrected chi connectivity index (χ3v) is 6.21. The molecule has 0 aliphatic heterocycles. The van der Waals surface area contributed by atoms with Crippen LogP contribution in [-0.4, -0.2) is 20.2 Å². The largest absolute Gasteiger partial charge is 2.00 e. The molecule has 4 rings (SSSR count). The van der Waals surface area contributed by atoms with Gasteiger partial charge in [-0.25, -0.2) is 0 Å². The number of pyridine rings is 2. The summed E-state index contributed by atoms with van der Waals surface area (Å²) in [6.45, 7) is 17.2. The molecule has 37 heavy (non-hydrogen) atoms. The molecule has 0 fully saturated rings. The molecule has 7 heteroatoms. The van der Waals surface area contributed by atoms with Crippen LogP contribution in [0.15, 0.2) is 36.7 Å². The van der Waals surface area contributed by atoms with E-state index in [1.807, 2.05) is 24.5 Å². The van der Waals surface area contributed by atoms with Gasteiger partial charge in [0, 0.05) is 35.2 Å². The van der Waals surface area contributed by atoms with Gasteiger partial charge in [-0.2, -0.15) is 0 Å². The van der Waals surface area contributed by atoms with Crippen molar-refractivity contribution in [1.29, 1.82) is 0 Å². The van der Waals surface area contributed by atoms with E-state index in [9.17, 15) is 0 Å². The van der Waals surface area contributed by atoms with Gasteiger partial charge >= 0.3 is 21.1 Å². The summed E-state index contributed by atoms with van der Waals surface area (Å²) in [6, 6.07) is 8.38. The number of hydrogen-bond donors (Lipinski definition) is 0. The first kappa shape index (κ1) is 30.6. The smallest absolute Gasteiger partial charge is 0.573 e. The van der Waals surface area contributed by atoms with E-state index < -0.39 is 0 Å². The summed E-state index contributed by atoms with van der Waals surface area (Å²) >= 11 is 0. The molecular weight excluding hydrogens is 639 g/mol. The number of hydrogen-bond acceptors (Lipinski definition) is 4. The molecule has 4 heterocycles. The second-order valence-electron chi connectivity index (χ2n) is 10.2. The van der Waals surface area contributed by atoms with Crippen molar-refractivity contribution in [3.8, 4) is 22.8 Å². The summed E-state index contributed by atoms with van der Waals surface area (Å²) in [5.41, 5.74) is 10.7. The molecule has 0 saturated carbocycles. The Bertz CT molecular complexity index is 1120. The fraction of sp³-hybridized carbons (Fsp3) is 0.467. The quantitative estimate of drug-likeness (QED) is 0.217. The predicted molar refractivity (Wildman–Crippen MR) is 147 cm³/mol. The average molecular weight is 680 g/mol. The van der Waals surface area contributed by atoms with E-state index >= 15 is 0 Å². The molecule has 0 unspecified atom stereocenters. The van der Waals surface area contributed by atoms with Crippen molar-refractivity contribution in [1.82, 2.24) is 30.4 Å². The standard InChI is InChI=1S/2C15H20N3.Pt/c2*1-5-13-11(4)15(18-17-13)14-7-6-12(9-16-14)8-10(2)3;/h2*6-7,9-10H,5,8H2,1-4H3;/q2*-1;+2. The molecule has 200 valence electrons. The zero-order valence-corrected chi connectivity index (χ0v) is 25.7. The van der Waals surface area contributed by atoms with Crippen LogP contribution in [0.2, 0.25) is 0 Å². The third kappa shape index (κ3) is 8.20. The van der Waals surface area contributed by atoms with Gasteiger partial charge in [0.1, 0.15) is 0 Å². The molecular formula is C30H40N6Pt. The summed E-state index contributed by atoms with van der Waals surface area (Å²) in [5, 5.41) is 16.9. The first-order valence-corrected chi connectivity index (χ1v) is 13.1. The van der Waals surface area contributed by atoms with Crippen molar-refractivity contribution >= 4 is 0 Å². The Labute approximate surface area is 236 Å². The summed E-state index contributed by atoms with van der Waals surface area (Å²) in [4.78, 5) is 9.02. The Kier molecular flexibility index (Phi) is 11.9. The Hall–Kier alpha value is -2.59. The Morgan fingerprint density at radius 3 is 1.27 bits per heavy atom. The molecule has 4 aromatic heterocycles. The van der Waals surface area contributed by atoms with Gasteiger partial charge in [-0.15, -0.1) is 0 Å². The summed E-state index contributed by atoms with van der Waals surface area (Å²) in [6.07, 6.45) is 7.89. The zero-order valence-electron chi connectivity index (χ0n) is 23.4. The first-order valence-electron chi connectivity index (χ1n) is 13.1. The van der Waals surface area contributed by atoms with Crippen LogP contribution in [-0.2, 0) is 46.7 Å². The monoisotopic (exact) mass is 679 g/mol. The van der Waals surface area contributed by atoms with E-state index in [0.29, 0.717) is 11.8 Å². The summed E-state index contributed by atoms with van der Waals surface area (Å²) in [7, 11) is 0. The molecule has 0 aliphatic carbocycles. The predicted octanol–water partition coefficient (Wildman–Crippen LogP) is 6.34. The van der Waals surface area contributed by atoms with E-state index in [4.69, 9.17) is 0 Å². The van der Waals surface area contributed by atoms with Crippen molar-refractivity contribution in [3.63, 3.8) is 0 Å². The van der Waals surface area contributed by atoms with Crippen LogP contribution in [0.4, 0.5) is 0 Å². The fourth-order valence-corrected chi connectivity index (χ4v) is 4.27. The minimum Gasteiger partial charge on any atom is -0.573 e. The van der Waals surface area contributed by atoms with E-state index in [1.165, 1.54) is 11.1 Å². The third-order valence-electron chi connectivity index (χ3n) is 6.21. The Morgan fingerprint density at radius 2 is 1.03 bits per heavy atom. The van der Waals surface area contributed by atoms with Crippen LogP contribution in [0.5, 0.6) is 0 Å². The summed E-state index contributed by atoms with van der Waals surface area (Å²) in [5.74, 6) is 1.31. The molecule has 0 N–H and O–H groups in total. The van der Waals surface area contributed by atoms with Crippen LogP contribution in [0.3, 0.4) is 0 Å². The SMILES string of the molecule is CCc1n[n-]c(-c2ccc(CC(C)C)cn2)c1C.CCc1n[n-]c(-c2ccc(CC(C)C)cn2)c1C.[Pt+2]. The Morgan fingerprint density at radius 1 is 0.649 bits per heavy atom. The van der Waals surface area contributed by atoms with E-state index in [-0.39, 0.29) is 21.1 Å². The minimum atomic E-state index is 0. The molecule has 0 aliphatic rings. The molecule has 0 saturated heterocycles. The molecule has 0 spiro atoms. The van der Waals surface area contributed by atoms with Gasteiger partial charge in [-0.1, -0.05) is 65.1 Å². The maximum Gasteiger partial charge on any atom is 2.00 e. The van der Waals surface area contributed by atoms with Crippen LogP contribution in [0, 0.1) is 25.7 Å². The van der Waals surface area contributed by atoms with Crippen LogP contribution < -0.4 is 10.2 Å². The van der Waals surface area contributed by atoms with Gasteiger partial charge in [0.25, 0.3) is 0 Å². The normalized spacial score (nSPS) is 10.9. The van der Waals surface area contributed by atoms with E-state index in [1.54, 1.807) is 0 Å². The number of aryl methyl sites for hydroxylation is 2. The zero-order chi connectivity index (χ0) is 26.2. The van der Waals surface area contributed by atoms with Crippen molar-refractivity contribution in [3.05, 3.63) is 70.3 Å². The maximum atomic E-state index is 4.51. The second kappa shape index (κ2) is 14.4. The first-order chi connectivity index (χ1) is 17.2. The molecule has 4 aromatic rings. The van der Waals surface area contributed by atoms with Gasteiger partial charge in [0.05, 0.1) is 0 Å². The van der Waals surface area contributed by atoms with E-state index in [0.717, 1.165) is 71.0 Å². The van der Waals surface area contributed by atoms with Gasteiger partial charge in [0.2, 0.25) is 0 Å². The fourth-order valence-electron chi connectivity index (χ4n) is 4.27. The van der Waals surface area contributed by atoms with Crippen LogP contribution in [0.1, 0.15) is 75.2 Å². The summed E-state index contributed by atoms with van der Waals surface area (Å²) < 4.78 is 0. The van der Waals surface area contributed by atoms with Crippen molar-refractivity contribution in [2.24, 2.45) is 11.8 Å². The van der Waals surface area contributed by atoms with Crippen LogP contribution >= 0.6 is 0 Å². The van der Waals surface area contributed by atoms with Gasteiger partial charge in [-0.05, 0) is 85.8 Å². The Balaban J connectivity index is 0.000000253. The van der Waals surface area contributed by atoms with Crippen molar-refractivity contribution in [2.75, 3.05) is 0 Å². The second-order valence-corrected chi connectivity index (χ2v) is 10.2. The molecule has 6 nitrogen and oxygen atoms in total.